The number of carbonyl (C=O) groups is 1. The number of ether oxygens (including phenoxy) is 1. The smallest absolute Gasteiger partial charge is 0.259 e. The highest BCUT2D eigenvalue weighted by Gasteiger charge is 2.17. The highest BCUT2D eigenvalue weighted by molar-refractivity contribution is 5.98. The molecule has 0 atom stereocenters. The van der Waals surface area contributed by atoms with Crippen LogP contribution >= 0.6 is 0 Å². The Morgan fingerprint density at radius 1 is 1.71 bits per heavy atom. The number of amides is 1. The first kappa shape index (κ1) is 12.8. The van der Waals surface area contributed by atoms with Crippen molar-refractivity contribution in [2.75, 3.05) is 20.7 Å². The number of methoxy groups -OCH3 is 1. The van der Waals surface area contributed by atoms with Crippen LogP contribution in [0.2, 0.25) is 0 Å². The van der Waals surface area contributed by atoms with E-state index in [0.29, 0.717) is 5.56 Å². The van der Waals surface area contributed by atoms with E-state index in [1.165, 1.54) is 25.3 Å². The average molecular weight is 238 g/mol. The molecule has 7 heteroatoms. The van der Waals surface area contributed by atoms with Gasteiger partial charge < -0.3 is 20.6 Å². The zero-order chi connectivity index (χ0) is 12.8. The van der Waals surface area contributed by atoms with Crippen LogP contribution in [-0.4, -0.2) is 47.5 Å². The zero-order valence-corrected chi connectivity index (χ0v) is 9.62. The van der Waals surface area contributed by atoms with Gasteiger partial charge in [-0.1, -0.05) is 5.16 Å². The molecule has 0 aromatic carbocycles. The molecule has 0 fully saturated rings. The lowest BCUT2D eigenvalue weighted by atomic mass is 10.2. The fourth-order valence-electron chi connectivity index (χ4n) is 1.27. The number of rotatable bonds is 4. The molecule has 1 aromatic heterocycles. The number of pyridine rings is 1. The summed E-state index contributed by atoms with van der Waals surface area (Å²) in [5.41, 5.74) is 5.64. The first-order valence-electron chi connectivity index (χ1n) is 4.81. The summed E-state index contributed by atoms with van der Waals surface area (Å²) >= 11 is 0. The second kappa shape index (κ2) is 5.69. The minimum atomic E-state index is -0.318. The second-order valence-corrected chi connectivity index (χ2v) is 3.31. The van der Waals surface area contributed by atoms with E-state index in [1.807, 2.05) is 0 Å². The van der Waals surface area contributed by atoms with Crippen molar-refractivity contribution in [3.05, 3.63) is 23.9 Å². The van der Waals surface area contributed by atoms with Crippen LogP contribution in [0.4, 0.5) is 0 Å². The molecule has 0 aliphatic heterocycles. The molecule has 0 bridgehead atoms. The third-order valence-corrected chi connectivity index (χ3v) is 2.07. The molecule has 0 unspecified atom stereocenters. The third-order valence-electron chi connectivity index (χ3n) is 2.07. The lowest BCUT2D eigenvalue weighted by Crippen LogP contribution is -2.35. The monoisotopic (exact) mass is 238 g/mol. The van der Waals surface area contributed by atoms with E-state index < -0.39 is 0 Å². The Labute approximate surface area is 98.5 Å². The van der Waals surface area contributed by atoms with Gasteiger partial charge in [0.1, 0.15) is 5.56 Å². The van der Waals surface area contributed by atoms with E-state index in [0.717, 1.165) is 0 Å². The number of aromatic nitrogens is 1. The highest BCUT2D eigenvalue weighted by Crippen LogP contribution is 2.15. The van der Waals surface area contributed by atoms with Gasteiger partial charge in [-0.25, -0.2) is 4.98 Å². The average Bonchev–Trinajstić information content (AvgIpc) is 2.37. The molecular weight excluding hydrogens is 224 g/mol. The number of carbonyl (C=O) groups excluding carboxylic acids is 1. The molecule has 0 spiro atoms. The Kier molecular flexibility index (Phi) is 4.27. The topological polar surface area (TPSA) is 101 Å². The number of nitrogens with zero attached hydrogens (tertiary/aromatic N) is 3. The summed E-state index contributed by atoms with van der Waals surface area (Å²) in [4.78, 5) is 17.2. The molecule has 1 aromatic rings. The Hall–Kier alpha value is -2.31. The van der Waals surface area contributed by atoms with Crippen molar-refractivity contribution in [1.82, 2.24) is 9.88 Å². The molecule has 0 saturated heterocycles. The van der Waals surface area contributed by atoms with Crippen LogP contribution in [0.15, 0.2) is 23.5 Å². The standard InChI is InChI=1S/C10H14N4O3/c1-14(6-8(11)13-16)10(15)7-4-3-5-12-9(7)17-2/h3-5,16H,6H2,1-2H3,(H2,11,13). The van der Waals surface area contributed by atoms with Crippen molar-refractivity contribution >= 4 is 11.7 Å². The van der Waals surface area contributed by atoms with Crippen LogP contribution in [0, 0.1) is 0 Å². The summed E-state index contributed by atoms with van der Waals surface area (Å²) in [5.74, 6) is -0.130. The van der Waals surface area contributed by atoms with E-state index in [2.05, 4.69) is 10.1 Å². The van der Waals surface area contributed by atoms with Gasteiger partial charge in [0.05, 0.1) is 13.7 Å². The SMILES string of the molecule is COc1ncccc1C(=O)N(C)CC(N)=NO. The van der Waals surface area contributed by atoms with Gasteiger partial charge in [0.2, 0.25) is 5.88 Å². The van der Waals surface area contributed by atoms with E-state index >= 15 is 0 Å². The van der Waals surface area contributed by atoms with Crippen molar-refractivity contribution in [3.63, 3.8) is 0 Å². The van der Waals surface area contributed by atoms with Crippen LogP contribution in [0.5, 0.6) is 5.88 Å². The molecule has 0 saturated carbocycles. The highest BCUT2D eigenvalue weighted by atomic mass is 16.5. The van der Waals surface area contributed by atoms with Gasteiger partial charge in [-0.15, -0.1) is 0 Å². The first-order chi connectivity index (χ1) is 8.10. The van der Waals surface area contributed by atoms with Crippen molar-refractivity contribution in [1.29, 1.82) is 0 Å². The largest absolute Gasteiger partial charge is 0.480 e. The third kappa shape index (κ3) is 3.07. The van der Waals surface area contributed by atoms with Gasteiger partial charge in [-0.05, 0) is 12.1 Å². The lowest BCUT2D eigenvalue weighted by Gasteiger charge is -2.17. The Morgan fingerprint density at radius 3 is 3.00 bits per heavy atom. The minimum Gasteiger partial charge on any atom is -0.480 e. The molecule has 0 radical (unpaired) electrons. The van der Waals surface area contributed by atoms with Gasteiger partial charge in [0.15, 0.2) is 5.84 Å². The van der Waals surface area contributed by atoms with Gasteiger partial charge in [0, 0.05) is 13.2 Å². The summed E-state index contributed by atoms with van der Waals surface area (Å²) in [6.45, 7) is 0.0212. The summed E-state index contributed by atoms with van der Waals surface area (Å²) in [6.07, 6.45) is 1.53. The molecule has 0 aliphatic carbocycles. The number of amidine groups is 1. The molecule has 17 heavy (non-hydrogen) atoms. The molecule has 92 valence electrons. The summed E-state index contributed by atoms with van der Waals surface area (Å²) in [5, 5.41) is 11.2. The number of nitrogens with two attached hydrogens (primary N) is 1. The van der Waals surface area contributed by atoms with Crippen molar-refractivity contribution in [3.8, 4) is 5.88 Å². The Bertz CT molecular complexity index is 433. The normalized spacial score (nSPS) is 11.1. The quantitative estimate of drug-likeness (QED) is 0.330. The molecule has 1 rings (SSSR count). The van der Waals surface area contributed by atoms with Crippen molar-refractivity contribution in [2.24, 2.45) is 10.9 Å². The van der Waals surface area contributed by atoms with E-state index in [1.54, 1.807) is 12.1 Å². The lowest BCUT2D eigenvalue weighted by molar-refractivity contribution is 0.0809. The van der Waals surface area contributed by atoms with E-state index in [-0.39, 0.29) is 24.2 Å². The van der Waals surface area contributed by atoms with Crippen LogP contribution in [-0.2, 0) is 0 Å². The van der Waals surface area contributed by atoms with Gasteiger partial charge in [-0.2, -0.15) is 0 Å². The molecule has 1 amide bonds. The maximum atomic E-state index is 12.0. The summed E-state index contributed by atoms with van der Waals surface area (Å²) in [6, 6.07) is 3.23. The maximum Gasteiger partial charge on any atom is 0.259 e. The second-order valence-electron chi connectivity index (χ2n) is 3.31. The van der Waals surface area contributed by atoms with Gasteiger partial charge in [0.25, 0.3) is 5.91 Å². The molecule has 7 nitrogen and oxygen atoms in total. The van der Waals surface area contributed by atoms with E-state index in [9.17, 15) is 4.79 Å². The Balaban J connectivity index is 2.88. The summed E-state index contributed by atoms with van der Waals surface area (Å²) < 4.78 is 4.98. The van der Waals surface area contributed by atoms with Crippen LogP contribution < -0.4 is 10.5 Å². The number of hydrogen-bond acceptors (Lipinski definition) is 5. The fourth-order valence-corrected chi connectivity index (χ4v) is 1.27. The van der Waals surface area contributed by atoms with E-state index in [4.69, 9.17) is 15.7 Å². The zero-order valence-electron chi connectivity index (χ0n) is 9.62. The molecule has 1 heterocycles. The van der Waals surface area contributed by atoms with Crippen LogP contribution in [0.3, 0.4) is 0 Å². The van der Waals surface area contributed by atoms with Crippen molar-refractivity contribution < 1.29 is 14.7 Å². The number of hydrogen-bond donors (Lipinski definition) is 2. The number of oxime groups is 1. The predicted octanol–water partition coefficient (Wildman–Crippen LogP) is -0.0914. The molecular formula is C10H14N4O3. The first-order valence-corrected chi connectivity index (χ1v) is 4.81. The Morgan fingerprint density at radius 2 is 2.41 bits per heavy atom. The van der Waals surface area contributed by atoms with Gasteiger partial charge >= 0.3 is 0 Å². The van der Waals surface area contributed by atoms with Crippen molar-refractivity contribution in [2.45, 2.75) is 0 Å². The molecule has 3 N–H and O–H groups in total. The predicted molar refractivity (Wildman–Crippen MR) is 61.2 cm³/mol. The van der Waals surface area contributed by atoms with Crippen LogP contribution in [0.25, 0.3) is 0 Å². The fraction of sp³-hybridized carbons (Fsp3) is 0.300. The molecule has 0 aliphatic rings. The maximum absolute atomic E-state index is 12.0. The number of likely N-dealkylation sites (N-methyl/N-ethyl adjacent to an activating group) is 1. The van der Waals surface area contributed by atoms with Gasteiger partial charge in [-0.3, -0.25) is 4.79 Å². The minimum absolute atomic E-state index is 0.0212. The van der Waals surface area contributed by atoms with Crippen LogP contribution in [0.1, 0.15) is 10.4 Å². The summed E-state index contributed by atoms with van der Waals surface area (Å²) in [7, 11) is 2.97.